The third-order valence-corrected chi connectivity index (χ3v) is 3.32. The van der Waals surface area contributed by atoms with Crippen LogP contribution in [0.15, 0.2) is 35.1 Å². The fraction of sp³-hybridized carbons (Fsp3) is 0.286. The number of nitrogen functional groups attached to an aromatic ring is 1. The van der Waals surface area contributed by atoms with Crippen molar-refractivity contribution >= 4 is 27.6 Å². The van der Waals surface area contributed by atoms with Gasteiger partial charge in [0, 0.05) is 16.6 Å². The molecule has 100 valence electrons. The van der Waals surface area contributed by atoms with Crippen LogP contribution in [-0.4, -0.2) is 9.97 Å². The van der Waals surface area contributed by atoms with Gasteiger partial charge in [0.15, 0.2) is 0 Å². The molecule has 19 heavy (non-hydrogen) atoms. The van der Waals surface area contributed by atoms with Gasteiger partial charge in [0.1, 0.15) is 18.0 Å². The fourth-order valence-electron chi connectivity index (χ4n) is 1.91. The minimum absolute atomic E-state index is 0.564. The Labute approximate surface area is 121 Å². The highest BCUT2D eigenvalue weighted by Gasteiger charge is 2.07. The highest BCUT2D eigenvalue weighted by Crippen LogP contribution is 2.20. The number of halogens is 1. The normalized spacial score (nSPS) is 10.4. The number of anilines is 2. The third kappa shape index (κ3) is 3.67. The van der Waals surface area contributed by atoms with Gasteiger partial charge >= 0.3 is 0 Å². The van der Waals surface area contributed by atoms with E-state index in [4.69, 9.17) is 5.73 Å². The first kappa shape index (κ1) is 13.8. The Bertz CT molecular complexity index is 557. The SMILES string of the molecule is CCCc1c(N)ncnc1NCc1cccc(Br)c1. The van der Waals surface area contributed by atoms with E-state index in [2.05, 4.69) is 50.3 Å². The Morgan fingerprint density at radius 1 is 1.32 bits per heavy atom. The van der Waals surface area contributed by atoms with Gasteiger partial charge in [-0.25, -0.2) is 9.97 Å². The monoisotopic (exact) mass is 320 g/mol. The summed E-state index contributed by atoms with van der Waals surface area (Å²) in [6, 6.07) is 8.18. The van der Waals surface area contributed by atoms with Gasteiger partial charge in [-0.2, -0.15) is 0 Å². The molecule has 1 aromatic heterocycles. The van der Waals surface area contributed by atoms with Crippen molar-refractivity contribution in [2.45, 2.75) is 26.3 Å². The molecule has 0 amide bonds. The van der Waals surface area contributed by atoms with Crippen LogP contribution in [0.4, 0.5) is 11.6 Å². The lowest BCUT2D eigenvalue weighted by molar-refractivity contribution is 0.901. The van der Waals surface area contributed by atoms with Crippen LogP contribution >= 0.6 is 15.9 Å². The molecule has 0 unspecified atom stereocenters. The predicted molar refractivity (Wildman–Crippen MR) is 81.9 cm³/mol. The molecule has 3 N–H and O–H groups in total. The number of rotatable bonds is 5. The zero-order valence-electron chi connectivity index (χ0n) is 10.9. The molecule has 0 fully saturated rings. The van der Waals surface area contributed by atoms with Crippen LogP contribution in [0.25, 0.3) is 0 Å². The third-order valence-electron chi connectivity index (χ3n) is 2.83. The molecule has 0 radical (unpaired) electrons. The zero-order chi connectivity index (χ0) is 13.7. The number of hydrogen-bond donors (Lipinski definition) is 2. The van der Waals surface area contributed by atoms with Crippen molar-refractivity contribution in [3.63, 3.8) is 0 Å². The number of nitrogens with zero attached hydrogens (tertiary/aromatic N) is 2. The summed E-state index contributed by atoms with van der Waals surface area (Å²) < 4.78 is 1.07. The Balaban J connectivity index is 2.13. The molecule has 0 aliphatic heterocycles. The maximum atomic E-state index is 5.90. The highest BCUT2D eigenvalue weighted by atomic mass is 79.9. The molecular formula is C14H17BrN4. The molecule has 1 heterocycles. The Hall–Kier alpha value is -1.62. The minimum atomic E-state index is 0.564. The van der Waals surface area contributed by atoms with Crippen molar-refractivity contribution in [3.8, 4) is 0 Å². The Morgan fingerprint density at radius 3 is 2.89 bits per heavy atom. The molecule has 5 heteroatoms. The predicted octanol–water partition coefficient (Wildman–Crippen LogP) is 3.39. The van der Waals surface area contributed by atoms with Gasteiger partial charge in [0.2, 0.25) is 0 Å². The van der Waals surface area contributed by atoms with E-state index in [1.807, 2.05) is 12.1 Å². The second-order valence-electron chi connectivity index (χ2n) is 4.32. The summed E-state index contributed by atoms with van der Waals surface area (Å²) in [5, 5.41) is 3.33. The summed E-state index contributed by atoms with van der Waals surface area (Å²) in [5.74, 6) is 1.39. The van der Waals surface area contributed by atoms with Gasteiger partial charge in [-0.3, -0.25) is 0 Å². The summed E-state index contributed by atoms with van der Waals surface area (Å²) in [6.45, 7) is 2.83. The van der Waals surface area contributed by atoms with Crippen LogP contribution in [0.1, 0.15) is 24.5 Å². The van der Waals surface area contributed by atoms with Gasteiger partial charge in [0.05, 0.1) is 0 Å². The molecule has 0 aliphatic carbocycles. The summed E-state index contributed by atoms with van der Waals surface area (Å²) in [4.78, 5) is 8.33. The highest BCUT2D eigenvalue weighted by molar-refractivity contribution is 9.10. The average Bonchev–Trinajstić information content (AvgIpc) is 2.40. The van der Waals surface area contributed by atoms with Crippen molar-refractivity contribution in [1.82, 2.24) is 9.97 Å². The summed E-state index contributed by atoms with van der Waals surface area (Å²) in [7, 11) is 0. The van der Waals surface area contributed by atoms with Crippen LogP contribution in [0.5, 0.6) is 0 Å². The van der Waals surface area contributed by atoms with Gasteiger partial charge in [-0.1, -0.05) is 41.4 Å². The smallest absolute Gasteiger partial charge is 0.134 e. The van der Waals surface area contributed by atoms with Crippen LogP contribution in [0, 0.1) is 0 Å². The average molecular weight is 321 g/mol. The maximum Gasteiger partial charge on any atom is 0.134 e. The first-order valence-corrected chi connectivity index (χ1v) is 7.07. The van der Waals surface area contributed by atoms with Crippen molar-refractivity contribution in [1.29, 1.82) is 0 Å². The van der Waals surface area contributed by atoms with E-state index in [1.54, 1.807) is 0 Å². The molecule has 0 spiro atoms. The second kappa shape index (κ2) is 6.52. The van der Waals surface area contributed by atoms with Crippen LogP contribution in [-0.2, 0) is 13.0 Å². The summed E-state index contributed by atoms with van der Waals surface area (Å²) in [6.07, 6.45) is 3.40. The number of aromatic nitrogens is 2. The Morgan fingerprint density at radius 2 is 2.16 bits per heavy atom. The van der Waals surface area contributed by atoms with E-state index in [0.29, 0.717) is 12.4 Å². The molecule has 2 rings (SSSR count). The molecule has 0 bridgehead atoms. The second-order valence-corrected chi connectivity index (χ2v) is 5.24. The Kier molecular flexibility index (Phi) is 4.74. The summed E-state index contributed by atoms with van der Waals surface area (Å²) in [5.41, 5.74) is 8.09. The molecule has 1 aromatic carbocycles. The van der Waals surface area contributed by atoms with Gasteiger partial charge < -0.3 is 11.1 Å². The van der Waals surface area contributed by atoms with E-state index >= 15 is 0 Å². The number of nitrogens with two attached hydrogens (primary N) is 1. The van der Waals surface area contributed by atoms with Crippen LogP contribution < -0.4 is 11.1 Å². The molecule has 0 saturated heterocycles. The molecule has 0 atom stereocenters. The van der Waals surface area contributed by atoms with Crippen LogP contribution in [0.3, 0.4) is 0 Å². The van der Waals surface area contributed by atoms with Crippen molar-refractivity contribution in [3.05, 3.63) is 46.2 Å². The first-order valence-electron chi connectivity index (χ1n) is 6.28. The lowest BCUT2D eigenvalue weighted by Crippen LogP contribution is -2.08. The molecule has 0 saturated carbocycles. The van der Waals surface area contributed by atoms with Crippen molar-refractivity contribution < 1.29 is 0 Å². The largest absolute Gasteiger partial charge is 0.383 e. The standard InChI is InChI=1S/C14H17BrN4/c1-2-4-12-13(16)18-9-19-14(12)17-8-10-5-3-6-11(15)7-10/h3,5-7,9H,2,4,8H2,1H3,(H3,16,17,18,19). The molecule has 4 nitrogen and oxygen atoms in total. The number of nitrogens with one attached hydrogen (secondary N) is 1. The topological polar surface area (TPSA) is 63.8 Å². The number of hydrogen-bond acceptors (Lipinski definition) is 4. The van der Waals surface area contributed by atoms with Crippen LogP contribution in [0.2, 0.25) is 0 Å². The maximum absolute atomic E-state index is 5.90. The van der Waals surface area contributed by atoms with E-state index in [0.717, 1.165) is 28.7 Å². The molecule has 2 aromatic rings. The first-order chi connectivity index (χ1) is 9.20. The fourth-order valence-corrected chi connectivity index (χ4v) is 2.35. The lowest BCUT2D eigenvalue weighted by Gasteiger charge is -2.12. The van der Waals surface area contributed by atoms with E-state index < -0.39 is 0 Å². The molecular weight excluding hydrogens is 304 g/mol. The van der Waals surface area contributed by atoms with Crippen molar-refractivity contribution in [2.75, 3.05) is 11.1 Å². The van der Waals surface area contributed by atoms with E-state index in [-0.39, 0.29) is 0 Å². The summed E-state index contributed by atoms with van der Waals surface area (Å²) >= 11 is 3.47. The molecule has 0 aliphatic rings. The quantitative estimate of drug-likeness (QED) is 0.886. The van der Waals surface area contributed by atoms with E-state index in [9.17, 15) is 0 Å². The minimum Gasteiger partial charge on any atom is -0.383 e. The van der Waals surface area contributed by atoms with E-state index in [1.165, 1.54) is 11.9 Å². The number of benzene rings is 1. The van der Waals surface area contributed by atoms with Gasteiger partial charge in [0.25, 0.3) is 0 Å². The van der Waals surface area contributed by atoms with Gasteiger partial charge in [-0.15, -0.1) is 0 Å². The van der Waals surface area contributed by atoms with Crippen molar-refractivity contribution in [2.24, 2.45) is 0 Å². The zero-order valence-corrected chi connectivity index (χ0v) is 12.4. The lowest BCUT2D eigenvalue weighted by atomic mass is 10.1. The van der Waals surface area contributed by atoms with Gasteiger partial charge in [-0.05, 0) is 24.1 Å².